The Bertz CT molecular complexity index is 1050. The predicted molar refractivity (Wildman–Crippen MR) is 118 cm³/mol. The van der Waals surface area contributed by atoms with Gasteiger partial charge in [0.15, 0.2) is 0 Å². The van der Waals surface area contributed by atoms with Crippen LogP contribution in [0, 0.1) is 0 Å². The Morgan fingerprint density at radius 1 is 0.968 bits per heavy atom. The molecule has 0 aliphatic carbocycles. The van der Waals surface area contributed by atoms with Gasteiger partial charge in [-0.3, -0.25) is 4.79 Å². The molecule has 1 aliphatic rings. The van der Waals surface area contributed by atoms with Crippen LogP contribution in [0.2, 0.25) is 0 Å². The molecule has 0 spiro atoms. The fourth-order valence-corrected chi connectivity index (χ4v) is 3.28. The lowest BCUT2D eigenvalue weighted by Gasteiger charge is -2.21. The van der Waals surface area contributed by atoms with Crippen molar-refractivity contribution in [1.82, 2.24) is 4.98 Å². The summed E-state index contributed by atoms with van der Waals surface area (Å²) in [6.07, 6.45) is 3.62. The van der Waals surface area contributed by atoms with Crippen LogP contribution in [-0.4, -0.2) is 29.6 Å². The molecule has 1 amide bonds. The molecule has 31 heavy (non-hydrogen) atoms. The summed E-state index contributed by atoms with van der Waals surface area (Å²) in [7, 11) is 0. The van der Waals surface area contributed by atoms with Crippen molar-refractivity contribution in [2.75, 3.05) is 17.2 Å². The zero-order valence-electron chi connectivity index (χ0n) is 16.9. The number of para-hydroxylation sites is 1. The Kier molecular flexibility index (Phi) is 6.54. The van der Waals surface area contributed by atoms with Crippen LogP contribution in [-0.2, 0) is 9.53 Å². The van der Waals surface area contributed by atoms with Crippen LogP contribution in [0.15, 0.2) is 72.9 Å². The smallest absolute Gasteiger partial charge is 0.343 e. The molecule has 0 saturated carbocycles. The zero-order chi connectivity index (χ0) is 21.5. The Morgan fingerprint density at radius 2 is 1.81 bits per heavy atom. The molecule has 1 saturated heterocycles. The Morgan fingerprint density at radius 3 is 2.61 bits per heavy atom. The first kappa shape index (κ1) is 20.6. The molecular formula is C24H23N3O4. The molecule has 1 aromatic heterocycles. The molecule has 1 fully saturated rings. The van der Waals surface area contributed by atoms with Gasteiger partial charge in [0, 0.05) is 30.2 Å². The third kappa shape index (κ3) is 5.67. The number of aromatic nitrogens is 1. The Labute approximate surface area is 180 Å². The van der Waals surface area contributed by atoms with Gasteiger partial charge in [-0.25, -0.2) is 9.78 Å². The first-order valence-electron chi connectivity index (χ1n) is 10.2. The fourth-order valence-electron chi connectivity index (χ4n) is 3.28. The second kappa shape index (κ2) is 9.86. The molecule has 1 aliphatic heterocycles. The highest BCUT2D eigenvalue weighted by Gasteiger charge is 2.22. The molecule has 1 unspecified atom stereocenters. The first-order chi connectivity index (χ1) is 15.2. The van der Waals surface area contributed by atoms with Gasteiger partial charge in [0.2, 0.25) is 0 Å². The van der Waals surface area contributed by atoms with E-state index in [1.807, 2.05) is 36.4 Å². The number of pyridine rings is 1. The highest BCUT2D eigenvalue weighted by atomic mass is 16.5. The highest BCUT2D eigenvalue weighted by Crippen LogP contribution is 2.21. The average Bonchev–Trinajstić information content (AvgIpc) is 2.81. The average molecular weight is 417 g/mol. The van der Waals surface area contributed by atoms with Gasteiger partial charge in [-0.2, -0.15) is 0 Å². The molecule has 0 bridgehead atoms. The number of ether oxygens (including phenoxy) is 2. The standard InChI is InChI=1S/C24H23N3O4/c28-23(21-11-4-5-14-30-21)27-22-16-20(12-13-25-22)31-24(29)17-7-6-10-19(15-17)26-18-8-2-1-3-9-18/h1-3,6-10,12-13,15-16,21,26H,4-5,11,14H2,(H,25,27,28). The number of carbonyl (C=O) groups is 2. The summed E-state index contributed by atoms with van der Waals surface area (Å²) in [6.45, 7) is 0.585. The minimum Gasteiger partial charge on any atom is -0.423 e. The number of amides is 1. The first-order valence-corrected chi connectivity index (χ1v) is 10.2. The van der Waals surface area contributed by atoms with E-state index in [0.717, 1.165) is 24.2 Å². The van der Waals surface area contributed by atoms with Gasteiger partial charge in [-0.05, 0) is 55.7 Å². The SMILES string of the molecule is O=C(Oc1ccnc(NC(=O)C2CCCCO2)c1)c1cccc(Nc2ccccc2)c1. The van der Waals surface area contributed by atoms with E-state index in [4.69, 9.17) is 9.47 Å². The largest absolute Gasteiger partial charge is 0.423 e. The molecule has 1 atom stereocenters. The van der Waals surface area contributed by atoms with Crippen molar-refractivity contribution in [3.05, 3.63) is 78.5 Å². The second-order valence-electron chi connectivity index (χ2n) is 7.18. The van der Waals surface area contributed by atoms with Gasteiger partial charge in [-0.15, -0.1) is 0 Å². The number of esters is 1. The van der Waals surface area contributed by atoms with Gasteiger partial charge in [0.1, 0.15) is 17.7 Å². The summed E-state index contributed by atoms with van der Waals surface area (Å²) in [5.41, 5.74) is 2.10. The lowest BCUT2D eigenvalue weighted by atomic mass is 10.1. The lowest BCUT2D eigenvalue weighted by Crippen LogP contribution is -2.33. The molecule has 0 radical (unpaired) electrons. The van der Waals surface area contributed by atoms with E-state index in [0.29, 0.717) is 30.2 Å². The maximum atomic E-state index is 12.6. The van der Waals surface area contributed by atoms with E-state index in [2.05, 4.69) is 15.6 Å². The summed E-state index contributed by atoms with van der Waals surface area (Å²) in [5, 5.41) is 5.97. The van der Waals surface area contributed by atoms with E-state index in [1.54, 1.807) is 24.3 Å². The molecule has 2 aromatic carbocycles. The molecule has 4 rings (SSSR count). The second-order valence-corrected chi connectivity index (χ2v) is 7.18. The molecule has 2 N–H and O–H groups in total. The molecule has 7 heteroatoms. The number of nitrogens with zero attached hydrogens (tertiary/aromatic N) is 1. The normalized spacial score (nSPS) is 15.7. The van der Waals surface area contributed by atoms with Crippen molar-refractivity contribution in [3.63, 3.8) is 0 Å². The maximum absolute atomic E-state index is 12.6. The van der Waals surface area contributed by atoms with Crippen LogP contribution >= 0.6 is 0 Å². The van der Waals surface area contributed by atoms with Gasteiger partial charge < -0.3 is 20.1 Å². The monoisotopic (exact) mass is 417 g/mol. The van der Waals surface area contributed by atoms with Crippen molar-refractivity contribution >= 4 is 29.1 Å². The fraction of sp³-hybridized carbons (Fsp3) is 0.208. The quantitative estimate of drug-likeness (QED) is 0.572. The van der Waals surface area contributed by atoms with Crippen LogP contribution < -0.4 is 15.4 Å². The molecule has 7 nitrogen and oxygen atoms in total. The lowest BCUT2D eigenvalue weighted by molar-refractivity contribution is -0.130. The van der Waals surface area contributed by atoms with E-state index in [9.17, 15) is 9.59 Å². The number of carbonyl (C=O) groups excluding carboxylic acids is 2. The molecule has 2 heterocycles. The topological polar surface area (TPSA) is 89.5 Å². The number of rotatable bonds is 6. The van der Waals surface area contributed by atoms with Crippen molar-refractivity contribution in [2.45, 2.75) is 25.4 Å². The number of nitrogens with one attached hydrogen (secondary N) is 2. The Balaban J connectivity index is 1.40. The van der Waals surface area contributed by atoms with Crippen molar-refractivity contribution < 1.29 is 19.1 Å². The van der Waals surface area contributed by atoms with E-state index >= 15 is 0 Å². The number of hydrogen-bond acceptors (Lipinski definition) is 6. The van der Waals surface area contributed by atoms with Crippen LogP contribution in [0.25, 0.3) is 0 Å². The van der Waals surface area contributed by atoms with Crippen molar-refractivity contribution in [2.24, 2.45) is 0 Å². The highest BCUT2D eigenvalue weighted by molar-refractivity contribution is 5.94. The summed E-state index contributed by atoms with van der Waals surface area (Å²) in [5.74, 6) is -0.142. The maximum Gasteiger partial charge on any atom is 0.343 e. The third-order valence-electron chi connectivity index (χ3n) is 4.83. The van der Waals surface area contributed by atoms with Crippen LogP contribution in [0.1, 0.15) is 29.6 Å². The van der Waals surface area contributed by atoms with E-state index in [1.165, 1.54) is 12.3 Å². The number of benzene rings is 2. The molecule has 158 valence electrons. The predicted octanol–water partition coefficient (Wildman–Crippen LogP) is 4.55. The van der Waals surface area contributed by atoms with Crippen molar-refractivity contribution in [1.29, 1.82) is 0 Å². The summed E-state index contributed by atoms with van der Waals surface area (Å²) in [4.78, 5) is 29.1. The van der Waals surface area contributed by atoms with Crippen molar-refractivity contribution in [3.8, 4) is 5.75 Å². The minimum absolute atomic E-state index is 0.240. The van der Waals surface area contributed by atoms with Crippen LogP contribution in [0.3, 0.4) is 0 Å². The number of hydrogen-bond donors (Lipinski definition) is 2. The zero-order valence-corrected chi connectivity index (χ0v) is 16.9. The summed E-state index contributed by atoms with van der Waals surface area (Å²) < 4.78 is 11.0. The minimum atomic E-state index is -0.504. The van der Waals surface area contributed by atoms with Gasteiger partial charge in [-0.1, -0.05) is 24.3 Å². The number of anilines is 3. The van der Waals surface area contributed by atoms with E-state index in [-0.39, 0.29) is 5.91 Å². The van der Waals surface area contributed by atoms with E-state index < -0.39 is 12.1 Å². The Hall–Kier alpha value is -3.71. The summed E-state index contributed by atoms with van der Waals surface area (Å²) in [6, 6.07) is 19.8. The van der Waals surface area contributed by atoms with Gasteiger partial charge in [0.25, 0.3) is 5.91 Å². The molecular weight excluding hydrogens is 394 g/mol. The van der Waals surface area contributed by atoms with Gasteiger partial charge >= 0.3 is 5.97 Å². The van der Waals surface area contributed by atoms with Crippen LogP contribution in [0.4, 0.5) is 17.2 Å². The summed E-state index contributed by atoms with van der Waals surface area (Å²) >= 11 is 0. The third-order valence-corrected chi connectivity index (χ3v) is 4.83. The molecule has 3 aromatic rings. The van der Waals surface area contributed by atoms with Gasteiger partial charge in [0.05, 0.1) is 5.56 Å². The van der Waals surface area contributed by atoms with Crippen LogP contribution in [0.5, 0.6) is 5.75 Å².